The first-order valence-electron chi connectivity index (χ1n) is 6.42. The lowest BCUT2D eigenvalue weighted by Crippen LogP contribution is -2.12. The van der Waals surface area contributed by atoms with Crippen molar-refractivity contribution in [2.45, 2.75) is 6.92 Å². The molecule has 104 valence electrons. The zero-order valence-electron chi connectivity index (χ0n) is 11.4. The summed E-state index contributed by atoms with van der Waals surface area (Å²) >= 11 is 0. The normalized spacial score (nSPS) is 11.5. The van der Waals surface area contributed by atoms with Crippen LogP contribution in [-0.4, -0.2) is 11.0 Å². The number of hydrogen-bond acceptors (Lipinski definition) is 4. The molecule has 0 aromatic heterocycles. The average Bonchev–Trinajstić information content (AvgIpc) is 2.40. The fraction of sp³-hybridized carbons (Fsp3) is 0.0625. The third-order valence-corrected chi connectivity index (χ3v) is 3.22. The summed E-state index contributed by atoms with van der Waals surface area (Å²) in [5.41, 5.74) is 3.65. The Labute approximate surface area is 121 Å². The Morgan fingerprint density at radius 1 is 1.19 bits per heavy atom. The molecule has 0 bridgehead atoms. The predicted molar refractivity (Wildman–Crippen MR) is 81.2 cm³/mol. The van der Waals surface area contributed by atoms with Gasteiger partial charge in [-0.05, 0) is 25.1 Å². The van der Waals surface area contributed by atoms with E-state index in [0.717, 1.165) is 11.3 Å². The minimum atomic E-state index is -0.293. The van der Waals surface area contributed by atoms with Gasteiger partial charge in [0, 0.05) is 16.7 Å². The molecular formula is C16H13N3O2. The van der Waals surface area contributed by atoms with Crippen molar-refractivity contribution in [3.05, 3.63) is 48.6 Å². The Morgan fingerprint density at radius 3 is 2.62 bits per heavy atom. The van der Waals surface area contributed by atoms with Gasteiger partial charge in [0.2, 0.25) is 0 Å². The van der Waals surface area contributed by atoms with Crippen molar-refractivity contribution in [3.63, 3.8) is 0 Å². The summed E-state index contributed by atoms with van der Waals surface area (Å²) in [6.07, 6.45) is 0. The maximum atomic E-state index is 11.8. The van der Waals surface area contributed by atoms with Crippen molar-refractivity contribution in [1.29, 1.82) is 0 Å². The van der Waals surface area contributed by atoms with Gasteiger partial charge in [0.05, 0.1) is 5.69 Å². The van der Waals surface area contributed by atoms with E-state index in [1.54, 1.807) is 25.1 Å². The number of benzene rings is 2. The number of phenolic OH excluding ortho intramolecular Hbond substituents is 1. The largest absolute Gasteiger partial charge is 0.507 e. The Morgan fingerprint density at radius 2 is 1.95 bits per heavy atom. The average molecular weight is 279 g/mol. The molecule has 2 aromatic rings. The highest BCUT2D eigenvalue weighted by Gasteiger charge is 2.21. The van der Waals surface area contributed by atoms with Crippen molar-refractivity contribution < 1.29 is 9.90 Å². The van der Waals surface area contributed by atoms with Crippen LogP contribution in [0.2, 0.25) is 0 Å². The molecule has 2 aromatic carbocycles. The number of nitrogens with zero attached hydrogens (tertiary/aromatic N) is 2. The van der Waals surface area contributed by atoms with Gasteiger partial charge in [-0.3, -0.25) is 4.79 Å². The van der Waals surface area contributed by atoms with Gasteiger partial charge in [-0.2, -0.15) is 0 Å². The molecule has 5 nitrogen and oxygen atoms in total. The quantitative estimate of drug-likeness (QED) is 0.701. The van der Waals surface area contributed by atoms with Gasteiger partial charge in [-0.15, -0.1) is 10.2 Å². The summed E-state index contributed by atoms with van der Waals surface area (Å²) < 4.78 is 0. The van der Waals surface area contributed by atoms with Crippen molar-refractivity contribution in [1.82, 2.24) is 0 Å². The zero-order chi connectivity index (χ0) is 15.0. The number of aromatic hydroxyl groups is 1. The zero-order valence-corrected chi connectivity index (χ0v) is 11.4. The lowest BCUT2D eigenvalue weighted by atomic mass is 9.99. The Kier molecular flexibility index (Phi) is 3.02. The van der Waals surface area contributed by atoms with E-state index in [2.05, 4.69) is 22.1 Å². The maximum absolute atomic E-state index is 11.8. The van der Waals surface area contributed by atoms with Crippen LogP contribution in [-0.2, 0) is 4.79 Å². The molecule has 0 radical (unpaired) electrons. The third kappa shape index (κ3) is 2.18. The number of azo groups is 1. The van der Waals surface area contributed by atoms with Gasteiger partial charge in [-0.1, -0.05) is 24.8 Å². The first kappa shape index (κ1) is 13.1. The first-order chi connectivity index (χ1) is 10.1. The monoisotopic (exact) mass is 279 g/mol. The van der Waals surface area contributed by atoms with Crippen LogP contribution in [0, 0.1) is 0 Å². The molecule has 21 heavy (non-hydrogen) atoms. The van der Waals surface area contributed by atoms with E-state index < -0.39 is 0 Å². The number of carbonyl (C=O) groups is 1. The minimum absolute atomic E-state index is 0.0741. The Balaban J connectivity index is 2.12. The highest BCUT2D eigenvalue weighted by atomic mass is 16.3. The van der Waals surface area contributed by atoms with Crippen LogP contribution in [0.4, 0.5) is 17.1 Å². The molecule has 1 aliphatic heterocycles. The number of rotatable bonds is 3. The second-order valence-electron chi connectivity index (χ2n) is 4.81. The molecule has 0 aliphatic carbocycles. The highest BCUT2D eigenvalue weighted by Crippen LogP contribution is 2.49. The number of carbonyl (C=O) groups excluding carboxylic acids is 1. The molecule has 1 amide bonds. The van der Waals surface area contributed by atoms with Crippen LogP contribution in [0.5, 0.6) is 5.75 Å². The van der Waals surface area contributed by atoms with E-state index >= 15 is 0 Å². The molecule has 1 aliphatic rings. The van der Waals surface area contributed by atoms with Crippen molar-refractivity contribution in [3.8, 4) is 16.9 Å². The number of phenols is 1. The Hall–Kier alpha value is -2.95. The van der Waals surface area contributed by atoms with Gasteiger partial charge in [0.25, 0.3) is 5.91 Å². The summed E-state index contributed by atoms with van der Waals surface area (Å²) in [6, 6.07) is 10.5. The maximum Gasteiger partial charge on any atom is 0.250 e. The number of amides is 1. The van der Waals surface area contributed by atoms with Crippen LogP contribution in [0.25, 0.3) is 11.1 Å². The van der Waals surface area contributed by atoms with Crippen LogP contribution >= 0.6 is 0 Å². The molecule has 3 rings (SSSR count). The van der Waals surface area contributed by atoms with Gasteiger partial charge >= 0.3 is 0 Å². The van der Waals surface area contributed by atoms with Crippen molar-refractivity contribution in [2.24, 2.45) is 10.2 Å². The molecule has 1 heterocycles. The lowest BCUT2D eigenvalue weighted by Gasteiger charge is -2.17. The third-order valence-electron chi connectivity index (χ3n) is 3.22. The summed E-state index contributed by atoms with van der Waals surface area (Å²) in [5, 5.41) is 20.8. The molecule has 0 atom stereocenters. The fourth-order valence-electron chi connectivity index (χ4n) is 2.13. The van der Waals surface area contributed by atoms with Gasteiger partial charge in [0.15, 0.2) is 0 Å². The molecular weight excluding hydrogens is 266 g/mol. The molecule has 0 unspecified atom stereocenters. The lowest BCUT2D eigenvalue weighted by molar-refractivity contribution is -0.112. The Bertz CT molecular complexity index is 794. The van der Waals surface area contributed by atoms with Crippen LogP contribution < -0.4 is 5.32 Å². The predicted octanol–water partition coefficient (Wildman–Crippen LogP) is 4.30. The number of anilines is 1. The molecule has 0 saturated heterocycles. The highest BCUT2D eigenvalue weighted by molar-refractivity contribution is 6.06. The molecule has 5 heteroatoms. The van der Waals surface area contributed by atoms with Crippen LogP contribution in [0.3, 0.4) is 0 Å². The molecule has 0 spiro atoms. The van der Waals surface area contributed by atoms with E-state index in [1.807, 2.05) is 18.2 Å². The molecule has 0 saturated carbocycles. The van der Waals surface area contributed by atoms with Crippen molar-refractivity contribution >= 4 is 23.0 Å². The summed E-state index contributed by atoms with van der Waals surface area (Å²) in [6.45, 7) is 5.24. The van der Waals surface area contributed by atoms with E-state index in [9.17, 15) is 9.90 Å². The van der Waals surface area contributed by atoms with Crippen LogP contribution in [0.15, 0.2) is 58.8 Å². The number of fused-ring (bicyclic) bond motifs is 1. The van der Waals surface area contributed by atoms with E-state index in [0.29, 0.717) is 22.5 Å². The SMILES string of the molecule is C=C(C)C(=O)Nc1cccc(O)c1-c1cccc2c1N=N2. The van der Waals surface area contributed by atoms with Gasteiger partial charge < -0.3 is 10.4 Å². The summed E-state index contributed by atoms with van der Waals surface area (Å²) in [5.74, 6) is -0.219. The molecule has 2 N–H and O–H groups in total. The smallest absolute Gasteiger partial charge is 0.250 e. The van der Waals surface area contributed by atoms with Crippen LogP contribution in [0.1, 0.15) is 6.92 Å². The topological polar surface area (TPSA) is 74.0 Å². The fourth-order valence-corrected chi connectivity index (χ4v) is 2.13. The summed E-state index contributed by atoms with van der Waals surface area (Å²) in [4.78, 5) is 11.8. The minimum Gasteiger partial charge on any atom is -0.507 e. The van der Waals surface area contributed by atoms with Crippen molar-refractivity contribution in [2.75, 3.05) is 5.32 Å². The van der Waals surface area contributed by atoms with Gasteiger partial charge in [-0.25, -0.2) is 0 Å². The standard InChI is InChI=1S/C16H13N3O2/c1-9(2)16(21)17-11-6-4-8-13(20)14(11)10-5-3-7-12-15(10)19-18-12/h3-8,20H,1H2,2H3,(H,17,21). The number of hydrogen-bond donors (Lipinski definition) is 2. The van der Waals surface area contributed by atoms with E-state index in [4.69, 9.17) is 0 Å². The van der Waals surface area contributed by atoms with Gasteiger partial charge in [0.1, 0.15) is 17.1 Å². The summed E-state index contributed by atoms with van der Waals surface area (Å²) in [7, 11) is 0. The van der Waals surface area contributed by atoms with E-state index in [-0.39, 0.29) is 11.7 Å². The molecule has 0 fully saturated rings. The van der Waals surface area contributed by atoms with E-state index in [1.165, 1.54) is 0 Å². The second-order valence-corrected chi connectivity index (χ2v) is 4.81. The second kappa shape index (κ2) is 4.86. The first-order valence-corrected chi connectivity index (χ1v) is 6.42. The number of nitrogens with one attached hydrogen (secondary N) is 1.